The van der Waals surface area contributed by atoms with Crippen LogP contribution < -0.4 is 0 Å². The van der Waals surface area contributed by atoms with Gasteiger partial charge in [-0.1, -0.05) is 17.7 Å². The van der Waals surface area contributed by atoms with Gasteiger partial charge in [-0.05, 0) is 37.6 Å². The normalized spacial score (nSPS) is 12.3. The van der Waals surface area contributed by atoms with Gasteiger partial charge >= 0.3 is 0 Å². The summed E-state index contributed by atoms with van der Waals surface area (Å²) >= 11 is 0. The van der Waals surface area contributed by atoms with Gasteiger partial charge in [0.2, 0.25) is 5.78 Å². The van der Waals surface area contributed by atoms with Gasteiger partial charge in [-0.15, -0.1) is 0 Å². The largest absolute Gasteiger partial charge is 0.461 e. The van der Waals surface area contributed by atoms with Crippen molar-refractivity contribution in [2.75, 3.05) is 5.75 Å². The third-order valence-corrected chi connectivity index (χ3v) is 4.11. The van der Waals surface area contributed by atoms with E-state index in [2.05, 4.69) is 0 Å². The smallest absolute Gasteiger partial charge is 0.210 e. The van der Waals surface area contributed by atoms with Gasteiger partial charge in [0.15, 0.2) is 5.76 Å². The zero-order valence-electron chi connectivity index (χ0n) is 10.3. The fourth-order valence-corrected chi connectivity index (χ4v) is 2.93. The fraction of sp³-hybridized carbons (Fsp3) is 0.214. The molecule has 0 radical (unpaired) electrons. The Balaban J connectivity index is 2.15. The number of hydrogen-bond acceptors (Lipinski definition) is 3. The van der Waals surface area contributed by atoms with Crippen LogP contribution in [0.2, 0.25) is 0 Å². The highest BCUT2D eigenvalue weighted by atomic mass is 32.2. The average Bonchev–Trinajstić information content (AvgIpc) is 2.81. The van der Waals surface area contributed by atoms with Crippen LogP contribution in [0.5, 0.6) is 0 Å². The third kappa shape index (κ3) is 2.76. The number of hydrogen-bond donors (Lipinski definition) is 0. The van der Waals surface area contributed by atoms with E-state index < -0.39 is 10.8 Å². The zero-order valence-corrected chi connectivity index (χ0v) is 11.1. The van der Waals surface area contributed by atoms with Crippen molar-refractivity contribution in [1.82, 2.24) is 0 Å². The summed E-state index contributed by atoms with van der Waals surface area (Å²) in [6.07, 6.45) is 1.44. The Morgan fingerprint density at radius 2 is 2.06 bits per heavy atom. The second-order valence-corrected chi connectivity index (χ2v) is 5.58. The molecule has 0 saturated carbocycles. The van der Waals surface area contributed by atoms with Crippen LogP contribution in [-0.4, -0.2) is 15.7 Å². The molecule has 1 atom stereocenters. The van der Waals surface area contributed by atoms with E-state index in [4.69, 9.17) is 4.42 Å². The minimum atomic E-state index is -1.33. The predicted octanol–water partition coefficient (Wildman–Crippen LogP) is 2.89. The van der Waals surface area contributed by atoms with Gasteiger partial charge in [0.25, 0.3) is 0 Å². The second-order valence-electron chi connectivity index (χ2n) is 4.16. The second kappa shape index (κ2) is 5.31. The highest BCUT2D eigenvalue weighted by Gasteiger charge is 2.15. The van der Waals surface area contributed by atoms with E-state index in [9.17, 15) is 9.00 Å². The summed E-state index contributed by atoms with van der Waals surface area (Å²) in [5.74, 6) is -0.0244. The summed E-state index contributed by atoms with van der Waals surface area (Å²) in [5.41, 5.74) is 2.06. The molecule has 1 aromatic carbocycles. The minimum Gasteiger partial charge on any atom is -0.461 e. The molecule has 1 heterocycles. The molecule has 4 heteroatoms. The molecule has 2 aromatic rings. The van der Waals surface area contributed by atoms with Crippen LogP contribution in [0, 0.1) is 13.8 Å². The van der Waals surface area contributed by atoms with E-state index in [1.54, 1.807) is 12.1 Å². The lowest BCUT2D eigenvalue weighted by molar-refractivity contribution is 0.0991. The summed E-state index contributed by atoms with van der Waals surface area (Å²) in [5, 5.41) is 0. The number of aryl methyl sites for hydroxylation is 2. The predicted molar refractivity (Wildman–Crippen MR) is 70.2 cm³/mol. The zero-order chi connectivity index (χ0) is 13.1. The lowest BCUT2D eigenvalue weighted by Gasteiger charge is -2.05. The summed E-state index contributed by atoms with van der Waals surface area (Å²) in [6, 6.07) is 8.91. The molecule has 1 aromatic heterocycles. The molecule has 0 aliphatic carbocycles. The number of Topliss-reactive ketones (excluding diaryl/α,β-unsaturated/α-hetero) is 1. The van der Waals surface area contributed by atoms with Gasteiger partial charge in [-0.3, -0.25) is 9.00 Å². The van der Waals surface area contributed by atoms with Crippen molar-refractivity contribution in [3.05, 3.63) is 53.5 Å². The molecule has 0 aliphatic heterocycles. The molecule has 0 saturated heterocycles. The number of ketones is 1. The Morgan fingerprint density at radius 3 is 2.67 bits per heavy atom. The van der Waals surface area contributed by atoms with Crippen LogP contribution in [0.3, 0.4) is 0 Å². The van der Waals surface area contributed by atoms with Crippen molar-refractivity contribution in [2.24, 2.45) is 0 Å². The van der Waals surface area contributed by atoms with Gasteiger partial charge in [-0.2, -0.15) is 0 Å². The Labute approximate surface area is 108 Å². The van der Waals surface area contributed by atoms with Gasteiger partial charge < -0.3 is 4.42 Å². The van der Waals surface area contributed by atoms with Crippen LogP contribution in [0.15, 0.2) is 45.9 Å². The highest BCUT2D eigenvalue weighted by molar-refractivity contribution is 7.85. The molecule has 1 unspecified atom stereocenters. The van der Waals surface area contributed by atoms with E-state index in [0.29, 0.717) is 4.90 Å². The van der Waals surface area contributed by atoms with Crippen LogP contribution in [0.4, 0.5) is 0 Å². The van der Waals surface area contributed by atoms with Gasteiger partial charge in [0, 0.05) is 4.90 Å². The number of furan rings is 1. The van der Waals surface area contributed by atoms with Crippen LogP contribution in [-0.2, 0) is 10.8 Å². The first-order valence-corrected chi connectivity index (χ1v) is 6.92. The van der Waals surface area contributed by atoms with Crippen LogP contribution in [0.25, 0.3) is 0 Å². The number of rotatable bonds is 4. The maximum Gasteiger partial charge on any atom is 0.210 e. The summed E-state index contributed by atoms with van der Waals surface area (Å²) in [4.78, 5) is 12.5. The molecule has 0 spiro atoms. The Bertz CT molecular complexity index is 585. The first kappa shape index (κ1) is 12.8. The van der Waals surface area contributed by atoms with Gasteiger partial charge in [-0.25, -0.2) is 0 Å². The fourth-order valence-electron chi connectivity index (χ4n) is 1.76. The van der Waals surface area contributed by atoms with Gasteiger partial charge in [0.05, 0.1) is 22.8 Å². The van der Waals surface area contributed by atoms with E-state index in [1.165, 1.54) is 6.26 Å². The highest BCUT2D eigenvalue weighted by Crippen LogP contribution is 2.16. The molecular formula is C14H14O3S. The number of carbonyl (C=O) groups is 1. The summed E-state index contributed by atoms with van der Waals surface area (Å²) < 4.78 is 17.1. The first-order chi connectivity index (χ1) is 8.58. The van der Waals surface area contributed by atoms with Crippen LogP contribution in [0.1, 0.15) is 21.7 Å². The molecular weight excluding hydrogens is 248 g/mol. The molecule has 0 N–H and O–H groups in total. The monoisotopic (exact) mass is 262 g/mol. The molecule has 18 heavy (non-hydrogen) atoms. The quantitative estimate of drug-likeness (QED) is 0.796. The third-order valence-electron chi connectivity index (χ3n) is 2.63. The summed E-state index contributed by atoms with van der Waals surface area (Å²) in [6.45, 7) is 3.88. The molecule has 0 amide bonds. The molecule has 0 aliphatic rings. The summed E-state index contributed by atoms with van der Waals surface area (Å²) in [7, 11) is -1.33. The lowest BCUT2D eigenvalue weighted by atomic mass is 10.2. The molecule has 3 nitrogen and oxygen atoms in total. The van der Waals surface area contributed by atoms with E-state index >= 15 is 0 Å². The average molecular weight is 262 g/mol. The molecule has 2 rings (SSSR count). The van der Waals surface area contributed by atoms with Crippen molar-refractivity contribution in [3.8, 4) is 0 Å². The maximum absolute atomic E-state index is 12.1. The van der Waals surface area contributed by atoms with Crippen molar-refractivity contribution < 1.29 is 13.4 Å². The Kier molecular flexibility index (Phi) is 3.77. The van der Waals surface area contributed by atoms with E-state index in [0.717, 1.165) is 11.1 Å². The van der Waals surface area contributed by atoms with E-state index in [1.807, 2.05) is 32.0 Å². The molecule has 0 fully saturated rings. The standard InChI is InChI=1S/C14H14O3S/c1-10-5-6-14(11(2)8-10)18(16)9-12(15)13-4-3-7-17-13/h3-8H,9H2,1-2H3. The number of benzene rings is 1. The topological polar surface area (TPSA) is 47.3 Å². The van der Waals surface area contributed by atoms with Crippen LogP contribution >= 0.6 is 0 Å². The SMILES string of the molecule is Cc1ccc(S(=O)CC(=O)c2ccco2)c(C)c1. The van der Waals surface area contributed by atoms with E-state index in [-0.39, 0.29) is 17.3 Å². The van der Waals surface area contributed by atoms with Crippen molar-refractivity contribution in [1.29, 1.82) is 0 Å². The Morgan fingerprint density at radius 1 is 1.28 bits per heavy atom. The van der Waals surface area contributed by atoms with Crippen molar-refractivity contribution >= 4 is 16.6 Å². The van der Waals surface area contributed by atoms with Gasteiger partial charge in [0.1, 0.15) is 0 Å². The minimum absolute atomic E-state index is 0.0442. The first-order valence-electron chi connectivity index (χ1n) is 5.60. The van der Waals surface area contributed by atoms with Crippen molar-refractivity contribution in [3.63, 3.8) is 0 Å². The van der Waals surface area contributed by atoms with Crippen molar-refractivity contribution in [2.45, 2.75) is 18.7 Å². The lowest BCUT2D eigenvalue weighted by Crippen LogP contribution is -2.11. The number of carbonyl (C=O) groups excluding carboxylic acids is 1. The maximum atomic E-state index is 12.1. The molecule has 0 bridgehead atoms. The Hall–Kier alpha value is -1.68. The molecule has 94 valence electrons.